The predicted molar refractivity (Wildman–Crippen MR) is 137 cm³/mol. The van der Waals surface area contributed by atoms with Crippen LogP contribution in [0.1, 0.15) is 27.7 Å². The Morgan fingerprint density at radius 1 is 0.439 bits per heavy atom. The molecule has 0 heterocycles. The first-order chi connectivity index (χ1) is 19.0. The quantitative estimate of drug-likeness (QED) is 0.0486. The molecular formula is C24H36O16Si. The molecule has 0 spiro atoms. The third-order valence-electron chi connectivity index (χ3n) is 4.23. The molecule has 41 heavy (non-hydrogen) atoms. The Labute approximate surface area is 238 Å². The van der Waals surface area contributed by atoms with Gasteiger partial charge in [0, 0.05) is 0 Å². The first-order valence-corrected chi connectivity index (χ1v) is 13.1. The molecule has 232 valence electrons. The van der Waals surface area contributed by atoms with Gasteiger partial charge < -0.3 is 55.6 Å². The summed E-state index contributed by atoms with van der Waals surface area (Å²) in [5.41, 5.74) is 0. The molecule has 0 saturated carbocycles. The van der Waals surface area contributed by atoms with Crippen LogP contribution in [0.2, 0.25) is 0 Å². The van der Waals surface area contributed by atoms with Crippen molar-refractivity contribution in [2.75, 3.05) is 28.4 Å². The maximum atomic E-state index is 12.2. The van der Waals surface area contributed by atoms with E-state index >= 15 is 0 Å². The molecular weight excluding hydrogens is 572 g/mol. The van der Waals surface area contributed by atoms with Crippen molar-refractivity contribution in [3.8, 4) is 0 Å². The van der Waals surface area contributed by atoms with E-state index in [2.05, 4.69) is 26.3 Å². The molecule has 0 saturated heterocycles. The number of carbonyl (C=O) groups is 4. The Kier molecular flexibility index (Phi) is 16.0. The fraction of sp³-hybridized carbons (Fsp3) is 0.500. The Hall–Kier alpha value is -3.90. The lowest BCUT2D eigenvalue weighted by Crippen LogP contribution is -2.57. The molecule has 0 aliphatic heterocycles. The zero-order valence-electron chi connectivity index (χ0n) is 24.2. The first-order valence-electron chi connectivity index (χ1n) is 11.5. The molecule has 0 N–H and O–H groups in total. The van der Waals surface area contributed by atoms with Crippen molar-refractivity contribution in [1.82, 2.24) is 0 Å². The fourth-order valence-electron chi connectivity index (χ4n) is 2.28. The summed E-state index contributed by atoms with van der Waals surface area (Å²) in [4.78, 5) is 48.7. The molecule has 4 unspecified atom stereocenters. The molecule has 0 aromatic carbocycles. The van der Waals surface area contributed by atoms with Crippen LogP contribution in [0.3, 0.4) is 0 Å². The summed E-state index contributed by atoms with van der Waals surface area (Å²) in [5.74, 6) is -5.66. The summed E-state index contributed by atoms with van der Waals surface area (Å²) in [6.07, 6.45) is -6.14. The van der Waals surface area contributed by atoms with Crippen LogP contribution in [0.4, 0.5) is 0 Å². The highest BCUT2D eigenvalue weighted by atomic mass is 28.4. The van der Waals surface area contributed by atoms with Crippen LogP contribution in [0.5, 0.6) is 0 Å². The molecule has 0 aliphatic rings. The smallest absolute Gasteiger partial charge is 0.490 e. The zero-order valence-corrected chi connectivity index (χ0v) is 25.2. The summed E-state index contributed by atoms with van der Waals surface area (Å²) in [6, 6.07) is 0. The topological polar surface area (TPSA) is 179 Å². The van der Waals surface area contributed by atoms with Crippen molar-refractivity contribution in [3.63, 3.8) is 0 Å². The molecule has 0 aromatic rings. The van der Waals surface area contributed by atoms with Crippen molar-refractivity contribution in [3.05, 3.63) is 49.4 Å². The highest BCUT2D eigenvalue weighted by molar-refractivity contribution is 6.53. The SMILES string of the molecule is C=C(OC)C(=O)OC(C)O[Si](OC(C)OC(=O)C(=C)OC)(OC(C)OC(=O)C(=C)OC)OC(C)OC(=O)C(=C)OC. The summed E-state index contributed by atoms with van der Waals surface area (Å²) < 4.78 is 62.2. The Balaban J connectivity index is 6.45. The predicted octanol–water partition coefficient (Wildman–Crippen LogP) is 1.69. The van der Waals surface area contributed by atoms with Gasteiger partial charge in [0.25, 0.3) is 0 Å². The van der Waals surface area contributed by atoms with E-state index in [9.17, 15) is 19.2 Å². The van der Waals surface area contributed by atoms with Crippen molar-refractivity contribution in [2.24, 2.45) is 0 Å². The molecule has 0 fully saturated rings. The number of esters is 4. The second-order valence-corrected chi connectivity index (χ2v) is 9.32. The Morgan fingerprint density at radius 2 is 0.610 bits per heavy atom. The normalized spacial score (nSPS) is 14.8. The number of methoxy groups -OCH3 is 4. The van der Waals surface area contributed by atoms with Crippen molar-refractivity contribution >= 4 is 32.9 Å². The molecule has 0 radical (unpaired) electrons. The minimum absolute atomic E-state index is 0.378. The number of rotatable bonds is 20. The van der Waals surface area contributed by atoms with Crippen LogP contribution in [0.15, 0.2) is 49.4 Å². The van der Waals surface area contributed by atoms with Gasteiger partial charge in [-0.2, -0.15) is 0 Å². The molecule has 17 heteroatoms. The number of ether oxygens (including phenoxy) is 8. The second-order valence-electron chi connectivity index (χ2n) is 7.37. The fourth-order valence-corrected chi connectivity index (χ4v) is 4.43. The summed E-state index contributed by atoms with van der Waals surface area (Å²) in [6.45, 7) is 18.4. The highest BCUT2D eigenvalue weighted by Gasteiger charge is 2.54. The molecule has 0 bridgehead atoms. The van der Waals surface area contributed by atoms with E-state index in [4.69, 9.17) is 55.6 Å². The molecule has 4 atom stereocenters. The van der Waals surface area contributed by atoms with Gasteiger partial charge in [-0.25, -0.2) is 19.2 Å². The van der Waals surface area contributed by atoms with Gasteiger partial charge in [0.2, 0.25) is 0 Å². The standard InChI is InChI=1S/C24H36O16Si/c1-13(29-9)21(25)33-17(5)37-41(38-18(6)34-22(26)14(2)30-10,39-19(7)35-23(27)15(3)31-11)40-20(8)36-24(28)16(4)32-12/h17-20H,1-4H2,5-12H3. The van der Waals surface area contributed by atoms with E-state index in [1.807, 2.05) is 0 Å². The van der Waals surface area contributed by atoms with Crippen LogP contribution in [0, 0.1) is 0 Å². The maximum Gasteiger partial charge on any atom is 0.690 e. The van der Waals surface area contributed by atoms with E-state index < -0.39 is 58.1 Å². The minimum atomic E-state index is -4.89. The lowest BCUT2D eigenvalue weighted by molar-refractivity contribution is -0.228. The van der Waals surface area contributed by atoms with Gasteiger partial charge in [0.05, 0.1) is 28.4 Å². The maximum absolute atomic E-state index is 12.2. The Bertz CT molecular complexity index is 835. The van der Waals surface area contributed by atoms with E-state index in [0.29, 0.717) is 0 Å². The lowest BCUT2D eigenvalue weighted by atomic mass is 10.6. The van der Waals surface area contributed by atoms with Gasteiger partial charge in [-0.15, -0.1) is 0 Å². The molecule has 0 amide bonds. The molecule has 16 nitrogen and oxygen atoms in total. The van der Waals surface area contributed by atoms with Gasteiger partial charge in [-0.1, -0.05) is 0 Å². The zero-order chi connectivity index (χ0) is 31.9. The summed E-state index contributed by atoms with van der Waals surface area (Å²) in [5, 5.41) is 0. The van der Waals surface area contributed by atoms with Gasteiger partial charge >= 0.3 is 32.9 Å². The number of hydrogen-bond donors (Lipinski definition) is 0. The summed E-state index contributed by atoms with van der Waals surface area (Å²) in [7, 11) is -0.159. The van der Waals surface area contributed by atoms with Gasteiger partial charge in [-0.3, -0.25) is 0 Å². The van der Waals surface area contributed by atoms with Crippen LogP contribution in [-0.2, 0) is 74.8 Å². The van der Waals surface area contributed by atoms with Gasteiger partial charge in [0.1, 0.15) is 0 Å². The second kappa shape index (κ2) is 17.7. The first kappa shape index (κ1) is 37.1. The van der Waals surface area contributed by atoms with Crippen LogP contribution in [-0.4, -0.2) is 86.5 Å². The van der Waals surface area contributed by atoms with E-state index in [-0.39, 0.29) is 23.0 Å². The van der Waals surface area contributed by atoms with E-state index in [1.165, 1.54) is 56.1 Å². The Morgan fingerprint density at radius 3 is 0.756 bits per heavy atom. The minimum Gasteiger partial charge on any atom is -0.490 e. The third kappa shape index (κ3) is 13.3. The van der Waals surface area contributed by atoms with Crippen LogP contribution >= 0.6 is 0 Å². The van der Waals surface area contributed by atoms with Crippen molar-refractivity contribution < 1.29 is 74.8 Å². The van der Waals surface area contributed by atoms with E-state index in [0.717, 1.165) is 0 Å². The average Bonchev–Trinajstić information content (AvgIpc) is 2.89. The lowest BCUT2D eigenvalue weighted by Gasteiger charge is -2.35. The third-order valence-corrected chi connectivity index (χ3v) is 6.71. The molecule has 0 aliphatic carbocycles. The average molecular weight is 609 g/mol. The molecule has 0 aromatic heterocycles. The van der Waals surface area contributed by atoms with Crippen LogP contribution in [0.25, 0.3) is 0 Å². The van der Waals surface area contributed by atoms with Crippen molar-refractivity contribution in [2.45, 2.75) is 52.9 Å². The number of hydrogen-bond acceptors (Lipinski definition) is 16. The molecule has 0 rings (SSSR count). The van der Waals surface area contributed by atoms with E-state index in [1.54, 1.807) is 0 Å². The van der Waals surface area contributed by atoms with Crippen LogP contribution < -0.4 is 0 Å². The number of carbonyl (C=O) groups excluding carboxylic acids is 4. The largest absolute Gasteiger partial charge is 0.690 e. The van der Waals surface area contributed by atoms with Crippen molar-refractivity contribution in [1.29, 1.82) is 0 Å². The summed E-state index contributed by atoms with van der Waals surface area (Å²) >= 11 is 0. The monoisotopic (exact) mass is 608 g/mol. The van der Waals surface area contributed by atoms with Gasteiger partial charge in [0.15, 0.2) is 48.2 Å². The highest BCUT2D eigenvalue weighted by Crippen LogP contribution is 2.24. The van der Waals surface area contributed by atoms with Gasteiger partial charge in [-0.05, 0) is 54.0 Å².